The van der Waals surface area contributed by atoms with Gasteiger partial charge in [-0.3, -0.25) is 4.79 Å². The van der Waals surface area contributed by atoms with Crippen LogP contribution in [0.15, 0.2) is 30.3 Å². The highest BCUT2D eigenvalue weighted by atomic mass is 16.5. The molecule has 0 spiro atoms. The van der Waals surface area contributed by atoms with Gasteiger partial charge < -0.3 is 19.5 Å². The largest absolute Gasteiger partial charge is 0.488 e. The highest BCUT2D eigenvalue weighted by Gasteiger charge is 2.27. The van der Waals surface area contributed by atoms with E-state index in [9.17, 15) is 4.79 Å². The van der Waals surface area contributed by atoms with Crippen molar-refractivity contribution in [3.05, 3.63) is 41.6 Å². The number of carbonyl (C=O) groups is 1. The average molecular weight is 339 g/mol. The fourth-order valence-corrected chi connectivity index (χ4v) is 3.65. The lowest BCUT2D eigenvalue weighted by atomic mass is 10.1. The zero-order valence-corrected chi connectivity index (χ0v) is 14.8. The number of likely N-dealkylation sites (tertiary alicyclic amines) is 1. The number of carbonyl (C=O) groups excluding carboxylic acids is 1. The maximum Gasteiger partial charge on any atom is 0.270 e. The van der Waals surface area contributed by atoms with Crippen molar-refractivity contribution in [2.45, 2.75) is 32.6 Å². The van der Waals surface area contributed by atoms with Crippen molar-refractivity contribution in [3.63, 3.8) is 0 Å². The van der Waals surface area contributed by atoms with Crippen LogP contribution in [0.4, 0.5) is 11.5 Å². The van der Waals surface area contributed by atoms with E-state index in [1.165, 1.54) is 12.0 Å². The SMILES string of the molecule is CCc1ccc(N2CCOc3cc(C(=O)N4CCCCC4)[nH]c32)cc1. The van der Waals surface area contributed by atoms with Gasteiger partial charge in [0.1, 0.15) is 12.3 Å². The molecule has 2 aliphatic rings. The molecule has 0 bridgehead atoms. The number of aryl methyl sites for hydroxylation is 1. The number of piperidine rings is 1. The Balaban J connectivity index is 1.60. The fourth-order valence-electron chi connectivity index (χ4n) is 3.65. The van der Waals surface area contributed by atoms with Crippen LogP contribution < -0.4 is 9.64 Å². The van der Waals surface area contributed by atoms with Crippen molar-refractivity contribution < 1.29 is 9.53 Å². The number of anilines is 2. The Labute approximate surface area is 148 Å². The number of amides is 1. The molecule has 3 heterocycles. The quantitative estimate of drug-likeness (QED) is 0.927. The smallest absolute Gasteiger partial charge is 0.270 e. The number of ether oxygens (including phenoxy) is 1. The lowest BCUT2D eigenvalue weighted by Crippen LogP contribution is -2.35. The zero-order chi connectivity index (χ0) is 17.2. The number of nitrogens with one attached hydrogen (secondary N) is 1. The van der Waals surface area contributed by atoms with Crippen molar-refractivity contribution in [1.29, 1.82) is 0 Å². The molecular formula is C20H25N3O2. The number of H-pyrrole nitrogens is 1. The van der Waals surface area contributed by atoms with Gasteiger partial charge >= 0.3 is 0 Å². The normalized spacial score (nSPS) is 17.2. The molecule has 0 radical (unpaired) electrons. The fraction of sp³-hybridized carbons (Fsp3) is 0.450. The number of benzene rings is 1. The van der Waals surface area contributed by atoms with Crippen LogP contribution in [0.3, 0.4) is 0 Å². The summed E-state index contributed by atoms with van der Waals surface area (Å²) >= 11 is 0. The topological polar surface area (TPSA) is 48.6 Å². The summed E-state index contributed by atoms with van der Waals surface area (Å²) in [4.78, 5) is 20.2. The van der Waals surface area contributed by atoms with E-state index in [0.717, 1.165) is 56.2 Å². The summed E-state index contributed by atoms with van der Waals surface area (Å²) < 4.78 is 5.79. The molecule has 2 aromatic rings. The molecule has 1 aromatic heterocycles. The Morgan fingerprint density at radius 2 is 1.88 bits per heavy atom. The molecule has 1 aromatic carbocycles. The Morgan fingerprint density at radius 1 is 1.12 bits per heavy atom. The summed E-state index contributed by atoms with van der Waals surface area (Å²) in [6.45, 7) is 5.26. The summed E-state index contributed by atoms with van der Waals surface area (Å²) in [5, 5.41) is 0. The third-order valence-electron chi connectivity index (χ3n) is 5.13. The lowest BCUT2D eigenvalue weighted by molar-refractivity contribution is 0.0719. The van der Waals surface area contributed by atoms with Gasteiger partial charge in [-0.05, 0) is 43.4 Å². The minimum absolute atomic E-state index is 0.0824. The second-order valence-corrected chi connectivity index (χ2v) is 6.77. The number of hydrogen-bond donors (Lipinski definition) is 1. The number of aromatic amines is 1. The third kappa shape index (κ3) is 3.11. The standard InChI is InChI=1S/C20H25N3O2/c1-2-15-6-8-16(9-7-15)23-12-13-25-18-14-17(21-19(18)23)20(24)22-10-4-3-5-11-22/h6-9,14,21H,2-5,10-13H2,1H3. The number of aromatic nitrogens is 1. The van der Waals surface area contributed by atoms with Crippen LogP contribution in [-0.2, 0) is 6.42 Å². The second kappa shape index (κ2) is 6.82. The van der Waals surface area contributed by atoms with Crippen molar-refractivity contribution in [1.82, 2.24) is 9.88 Å². The summed E-state index contributed by atoms with van der Waals surface area (Å²) in [7, 11) is 0. The second-order valence-electron chi connectivity index (χ2n) is 6.77. The molecule has 25 heavy (non-hydrogen) atoms. The molecule has 5 nitrogen and oxygen atoms in total. The van der Waals surface area contributed by atoms with Crippen LogP contribution in [-0.4, -0.2) is 42.0 Å². The molecule has 4 rings (SSSR count). The Hall–Kier alpha value is -2.43. The minimum atomic E-state index is 0.0824. The number of fused-ring (bicyclic) bond motifs is 1. The van der Waals surface area contributed by atoms with Crippen LogP contribution in [0.1, 0.15) is 42.2 Å². The van der Waals surface area contributed by atoms with Gasteiger partial charge in [0.15, 0.2) is 11.6 Å². The first kappa shape index (κ1) is 16.1. The molecule has 1 N–H and O–H groups in total. The molecule has 0 saturated carbocycles. The first-order chi connectivity index (χ1) is 12.3. The van der Waals surface area contributed by atoms with Crippen LogP contribution in [0, 0.1) is 0 Å². The maximum absolute atomic E-state index is 12.8. The van der Waals surface area contributed by atoms with Gasteiger partial charge in [-0.1, -0.05) is 19.1 Å². The van der Waals surface area contributed by atoms with Gasteiger partial charge in [0.2, 0.25) is 0 Å². The molecule has 1 saturated heterocycles. The lowest BCUT2D eigenvalue weighted by Gasteiger charge is -2.29. The first-order valence-electron chi connectivity index (χ1n) is 9.28. The van der Waals surface area contributed by atoms with Gasteiger partial charge in [0.25, 0.3) is 5.91 Å². The van der Waals surface area contributed by atoms with Crippen molar-refractivity contribution in [3.8, 4) is 5.75 Å². The molecule has 2 aliphatic heterocycles. The number of hydrogen-bond acceptors (Lipinski definition) is 3. The molecule has 0 aliphatic carbocycles. The van der Waals surface area contributed by atoms with Crippen LogP contribution >= 0.6 is 0 Å². The predicted molar refractivity (Wildman–Crippen MR) is 98.9 cm³/mol. The van der Waals surface area contributed by atoms with E-state index in [0.29, 0.717) is 12.3 Å². The maximum atomic E-state index is 12.8. The van der Waals surface area contributed by atoms with Crippen LogP contribution in [0.25, 0.3) is 0 Å². The molecule has 1 fully saturated rings. The van der Waals surface area contributed by atoms with E-state index in [1.54, 1.807) is 0 Å². The van der Waals surface area contributed by atoms with Crippen molar-refractivity contribution in [2.24, 2.45) is 0 Å². The third-order valence-corrected chi connectivity index (χ3v) is 5.13. The number of nitrogens with zero attached hydrogens (tertiary/aromatic N) is 2. The summed E-state index contributed by atoms with van der Waals surface area (Å²) in [5.41, 5.74) is 3.08. The Morgan fingerprint density at radius 3 is 2.60 bits per heavy atom. The Kier molecular flexibility index (Phi) is 4.38. The van der Waals surface area contributed by atoms with E-state index in [4.69, 9.17) is 4.74 Å². The summed E-state index contributed by atoms with van der Waals surface area (Å²) in [6.07, 6.45) is 4.44. The average Bonchev–Trinajstić information content (AvgIpc) is 3.12. The zero-order valence-electron chi connectivity index (χ0n) is 14.8. The van der Waals surface area contributed by atoms with Gasteiger partial charge in [-0.15, -0.1) is 0 Å². The number of rotatable bonds is 3. The minimum Gasteiger partial charge on any atom is -0.488 e. The Bertz CT molecular complexity index is 745. The van der Waals surface area contributed by atoms with Crippen LogP contribution in [0.2, 0.25) is 0 Å². The van der Waals surface area contributed by atoms with Crippen molar-refractivity contribution >= 4 is 17.4 Å². The highest BCUT2D eigenvalue weighted by Crippen LogP contribution is 2.37. The summed E-state index contributed by atoms with van der Waals surface area (Å²) in [5.74, 6) is 1.74. The van der Waals surface area contributed by atoms with Gasteiger partial charge in [-0.2, -0.15) is 0 Å². The molecule has 5 heteroatoms. The molecule has 1 amide bonds. The van der Waals surface area contributed by atoms with Gasteiger partial charge in [-0.25, -0.2) is 0 Å². The molecule has 132 valence electrons. The van der Waals surface area contributed by atoms with Gasteiger partial charge in [0, 0.05) is 24.8 Å². The van der Waals surface area contributed by atoms with E-state index in [-0.39, 0.29) is 5.91 Å². The highest BCUT2D eigenvalue weighted by molar-refractivity contribution is 5.94. The monoisotopic (exact) mass is 339 g/mol. The van der Waals surface area contributed by atoms with Gasteiger partial charge in [0.05, 0.1) is 6.54 Å². The van der Waals surface area contributed by atoms with E-state index >= 15 is 0 Å². The van der Waals surface area contributed by atoms with E-state index < -0.39 is 0 Å². The van der Waals surface area contributed by atoms with E-state index in [2.05, 4.69) is 41.1 Å². The molecule has 0 atom stereocenters. The first-order valence-corrected chi connectivity index (χ1v) is 9.28. The van der Waals surface area contributed by atoms with E-state index in [1.807, 2.05) is 11.0 Å². The van der Waals surface area contributed by atoms with Crippen LogP contribution in [0.5, 0.6) is 5.75 Å². The molecule has 0 unspecified atom stereocenters. The predicted octanol–water partition coefficient (Wildman–Crippen LogP) is 3.73. The van der Waals surface area contributed by atoms with Crippen molar-refractivity contribution in [2.75, 3.05) is 31.1 Å². The molecular weight excluding hydrogens is 314 g/mol. The summed E-state index contributed by atoms with van der Waals surface area (Å²) in [6, 6.07) is 10.5.